The highest BCUT2D eigenvalue weighted by atomic mass is 32.2. The Balaban J connectivity index is 1.78. The molecule has 1 aliphatic heterocycles. The van der Waals surface area contributed by atoms with Gasteiger partial charge in [0.15, 0.2) is 0 Å². The number of benzene rings is 1. The molecule has 0 bridgehead atoms. The molecule has 30 heavy (non-hydrogen) atoms. The first-order valence-electron chi connectivity index (χ1n) is 10.2. The molecule has 0 unspecified atom stereocenters. The first kappa shape index (κ1) is 22.2. The van der Waals surface area contributed by atoms with Gasteiger partial charge in [-0.15, -0.1) is 0 Å². The number of rotatable bonds is 5. The Bertz CT molecular complexity index is 1100. The van der Waals surface area contributed by atoms with Crippen LogP contribution in [0.25, 0.3) is 0 Å². The molecular formula is C22H29N3O4S. The van der Waals surface area contributed by atoms with Crippen molar-refractivity contribution < 1.29 is 13.2 Å². The van der Waals surface area contributed by atoms with Gasteiger partial charge in [0, 0.05) is 36.5 Å². The Kier molecular flexibility index (Phi) is 6.47. The summed E-state index contributed by atoms with van der Waals surface area (Å²) in [6.07, 6.45) is 1.01. The average Bonchev–Trinajstić information content (AvgIpc) is 2.66. The number of aromatic nitrogens is 1. The van der Waals surface area contributed by atoms with Gasteiger partial charge < -0.3 is 10.3 Å². The Hall–Kier alpha value is -2.45. The minimum atomic E-state index is -3.67. The summed E-state index contributed by atoms with van der Waals surface area (Å²) in [5.41, 5.74) is 2.04. The third kappa shape index (κ3) is 4.82. The van der Waals surface area contributed by atoms with Crippen LogP contribution in [0.5, 0.6) is 0 Å². The maximum Gasteiger partial charge on any atom is 0.253 e. The molecule has 8 heteroatoms. The van der Waals surface area contributed by atoms with Crippen molar-refractivity contribution in [3.8, 4) is 0 Å². The van der Waals surface area contributed by atoms with Gasteiger partial charge in [0.2, 0.25) is 10.0 Å². The lowest BCUT2D eigenvalue weighted by molar-refractivity contribution is 0.0950. The minimum Gasteiger partial charge on any atom is -0.348 e. The van der Waals surface area contributed by atoms with Crippen LogP contribution >= 0.6 is 0 Å². The number of carbonyl (C=O) groups excluding carboxylic acids is 1. The first-order valence-corrected chi connectivity index (χ1v) is 11.6. The SMILES string of the molecule is Cc1cc(C)c(CNC(=O)c2cccc(S(=O)(=O)N3C[C@H](C)C[C@@H](C)C3)c2)c(=O)[nH]1. The number of carbonyl (C=O) groups is 1. The number of H-pyrrole nitrogens is 1. The Morgan fingerprint density at radius 1 is 1.17 bits per heavy atom. The molecule has 1 aliphatic rings. The summed E-state index contributed by atoms with van der Waals surface area (Å²) >= 11 is 0. The van der Waals surface area contributed by atoms with Gasteiger partial charge in [-0.2, -0.15) is 4.31 Å². The highest BCUT2D eigenvalue weighted by Gasteiger charge is 2.32. The van der Waals surface area contributed by atoms with Gasteiger partial charge in [-0.3, -0.25) is 9.59 Å². The fraction of sp³-hybridized carbons (Fsp3) is 0.455. The van der Waals surface area contributed by atoms with Crippen LogP contribution in [0.15, 0.2) is 40.0 Å². The summed E-state index contributed by atoms with van der Waals surface area (Å²) in [4.78, 5) is 27.6. The quantitative estimate of drug-likeness (QED) is 0.760. The number of nitrogens with zero attached hydrogens (tertiary/aromatic N) is 1. The number of aromatic amines is 1. The van der Waals surface area contributed by atoms with Crippen molar-refractivity contribution in [1.82, 2.24) is 14.6 Å². The van der Waals surface area contributed by atoms with Crippen molar-refractivity contribution in [3.05, 3.63) is 63.1 Å². The van der Waals surface area contributed by atoms with Gasteiger partial charge in [0.1, 0.15) is 0 Å². The van der Waals surface area contributed by atoms with E-state index in [0.29, 0.717) is 30.5 Å². The molecule has 0 saturated carbocycles. The Morgan fingerprint density at radius 3 is 2.47 bits per heavy atom. The van der Waals surface area contributed by atoms with Crippen molar-refractivity contribution in [2.24, 2.45) is 11.8 Å². The Morgan fingerprint density at radius 2 is 1.83 bits per heavy atom. The fourth-order valence-corrected chi connectivity index (χ4v) is 5.85. The predicted molar refractivity (Wildman–Crippen MR) is 116 cm³/mol. The zero-order valence-corrected chi connectivity index (χ0v) is 18.7. The zero-order chi connectivity index (χ0) is 22.1. The fourth-order valence-electron chi connectivity index (χ4n) is 4.12. The molecule has 3 rings (SSSR count). The van der Waals surface area contributed by atoms with Gasteiger partial charge in [-0.25, -0.2) is 8.42 Å². The molecule has 1 amide bonds. The van der Waals surface area contributed by atoms with Gasteiger partial charge >= 0.3 is 0 Å². The van der Waals surface area contributed by atoms with E-state index in [9.17, 15) is 18.0 Å². The summed E-state index contributed by atoms with van der Waals surface area (Å²) in [6, 6.07) is 7.91. The van der Waals surface area contributed by atoms with Crippen LogP contribution < -0.4 is 10.9 Å². The monoisotopic (exact) mass is 431 g/mol. The second-order valence-electron chi connectivity index (χ2n) is 8.42. The number of hydrogen-bond acceptors (Lipinski definition) is 4. The minimum absolute atomic E-state index is 0.0679. The molecule has 2 heterocycles. The lowest BCUT2D eigenvalue weighted by atomic mass is 9.94. The lowest BCUT2D eigenvalue weighted by Crippen LogP contribution is -2.42. The van der Waals surface area contributed by atoms with Crippen LogP contribution in [-0.2, 0) is 16.6 Å². The number of hydrogen-bond donors (Lipinski definition) is 2. The molecule has 2 aromatic rings. The second kappa shape index (κ2) is 8.73. The van der Waals surface area contributed by atoms with E-state index >= 15 is 0 Å². The molecule has 2 atom stereocenters. The van der Waals surface area contributed by atoms with Crippen molar-refractivity contribution in [2.45, 2.75) is 45.6 Å². The third-order valence-electron chi connectivity index (χ3n) is 5.49. The maximum absolute atomic E-state index is 13.1. The van der Waals surface area contributed by atoms with Gasteiger partial charge in [0.25, 0.3) is 11.5 Å². The van der Waals surface area contributed by atoms with Crippen LogP contribution in [0.4, 0.5) is 0 Å². The van der Waals surface area contributed by atoms with Gasteiger partial charge in [-0.1, -0.05) is 19.9 Å². The largest absolute Gasteiger partial charge is 0.348 e. The summed E-state index contributed by atoms with van der Waals surface area (Å²) in [7, 11) is -3.67. The molecule has 1 aromatic heterocycles. The average molecular weight is 432 g/mol. The molecule has 2 N–H and O–H groups in total. The maximum atomic E-state index is 13.1. The third-order valence-corrected chi connectivity index (χ3v) is 7.32. The number of nitrogens with one attached hydrogen (secondary N) is 2. The molecule has 1 saturated heterocycles. The topological polar surface area (TPSA) is 99.3 Å². The van der Waals surface area contributed by atoms with E-state index in [1.54, 1.807) is 19.1 Å². The van der Waals surface area contributed by atoms with Crippen LogP contribution in [0.1, 0.15) is 47.4 Å². The highest BCUT2D eigenvalue weighted by Crippen LogP contribution is 2.27. The van der Waals surface area contributed by atoms with E-state index in [1.807, 2.05) is 13.0 Å². The number of sulfonamides is 1. The summed E-state index contributed by atoms with van der Waals surface area (Å²) < 4.78 is 27.7. The Labute approximate surface area is 177 Å². The lowest BCUT2D eigenvalue weighted by Gasteiger charge is -2.34. The van der Waals surface area contributed by atoms with Crippen molar-refractivity contribution >= 4 is 15.9 Å². The zero-order valence-electron chi connectivity index (χ0n) is 17.9. The van der Waals surface area contributed by atoms with E-state index in [4.69, 9.17) is 0 Å². The van der Waals surface area contributed by atoms with E-state index in [0.717, 1.165) is 17.7 Å². The number of aryl methyl sites for hydroxylation is 2. The summed E-state index contributed by atoms with van der Waals surface area (Å²) in [5, 5.41) is 2.72. The summed E-state index contributed by atoms with van der Waals surface area (Å²) in [5.74, 6) is 0.170. The molecule has 1 fully saturated rings. The normalized spacial score (nSPS) is 20.1. The highest BCUT2D eigenvalue weighted by molar-refractivity contribution is 7.89. The summed E-state index contributed by atoms with van der Waals surface area (Å²) in [6.45, 7) is 8.76. The van der Waals surface area contributed by atoms with Crippen LogP contribution in [0.3, 0.4) is 0 Å². The van der Waals surface area contributed by atoms with Crippen molar-refractivity contribution in [3.63, 3.8) is 0 Å². The van der Waals surface area contributed by atoms with E-state index in [-0.39, 0.29) is 22.6 Å². The van der Waals surface area contributed by atoms with Crippen LogP contribution in [0.2, 0.25) is 0 Å². The van der Waals surface area contributed by atoms with Gasteiger partial charge in [0.05, 0.1) is 4.90 Å². The van der Waals surface area contributed by atoms with E-state index in [1.165, 1.54) is 16.4 Å². The van der Waals surface area contributed by atoms with E-state index < -0.39 is 15.9 Å². The standard InChI is InChI=1S/C22H29N3O4S/c1-14-8-15(2)13-25(12-14)30(28,29)19-7-5-6-18(10-19)21(26)23-11-20-16(3)9-17(4)24-22(20)27/h5-7,9-10,14-15H,8,11-13H2,1-4H3,(H,23,26)(H,24,27)/t14-,15-/m1/s1. The molecule has 7 nitrogen and oxygen atoms in total. The van der Waals surface area contributed by atoms with E-state index in [2.05, 4.69) is 24.1 Å². The molecule has 0 aliphatic carbocycles. The number of amides is 1. The smallest absolute Gasteiger partial charge is 0.253 e. The molecule has 162 valence electrons. The van der Waals surface area contributed by atoms with Crippen molar-refractivity contribution in [1.29, 1.82) is 0 Å². The molecule has 1 aromatic carbocycles. The van der Waals surface area contributed by atoms with Gasteiger partial charge in [-0.05, 0) is 61.9 Å². The second-order valence-corrected chi connectivity index (χ2v) is 10.4. The molecular weight excluding hydrogens is 402 g/mol. The molecule has 0 radical (unpaired) electrons. The molecule has 0 spiro atoms. The first-order chi connectivity index (χ1) is 14.1. The van der Waals surface area contributed by atoms with Crippen LogP contribution in [-0.4, -0.2) is 36.7 Å². The number of piperidine rings is 1. The number of pyridine rings is 1. The predicted octanol–water partition coefficient (Wildman–Crippen LogP) is 2.59. The van der Waals surface area contributed by atoms with Crippen molar-refractivity contribution in [2.75, 3.05) is 13.1 Å². The van der Waals surface area contributed by atoms with Crippen LogP contribution in [0, 0.1) is 25.7 Å².